The molecule has 82 valence electrons. The van der Waals surface area contributed by atoms with Crippen molar-refractivity contribution in [2.45, 2.75) is 0 Å². The van der Waals surface area contributed by atoms with Gasteiger partial charge >= 0.3 is 5.69 Å². The van der Waals surface area contributed by atoms with Gasteiger partial charge in [-0.1, -0.05) is 23.2 Å². The molecule has 3 nitrogen and oxygen atoms in total. The standard InChI is InChI=1S/C10H5Cl2FN2O/c11-5-1-2-6(7(12)3-5)9-8(13)4-14-10(16)15-9/h1-4H,(H,14,15,16). The second-order valence-electron chi connectivity index (χ2n) is 3.04. The summed E-state index contributed by atoms with van der Waals surface area (Å²) in [5, 5.41) is 0.693. The highest BCUT2D eigenvalue weighted by atomic mass is 35.5. The maximum atomic E-state index is 13.4. The zero-order valence-corrected chi connectivity index (χ0v) is 9.31. The Balaban J connectivity index is 2.67. The third-order valence-corrected chi connectivity index (χ3v) is 2.51. The Kier molecular flexibility index (Phi) is 2.94. The molecule has 1 heterocycles. The monoisotopic (exact) mass is 258 g/mol. The maximum Gasteiger partial charge on any atom is 0.345 e. The van der Waals surface area contributed by atoms with E-state index in [0.29, 0.717) is 10.6 Å². The van der Waals surface area contributed by atoms with Gasteiger partial charge in [-0.05, 0) is 18.2 Å². The first-order valence-electron chi connectivity index (χ1n) is 4.28. The van der Waals surface area contributed by atoms with Gasteiger partial charge in [0.15, 0.2) is 5.82 Å². The van der Waals surface area contributed by atoms with Crippen molar-refractivity contribution in [1.29, 1.82) is 0 Å². The van der Waals surface area contributed by atoms with Crippen LogP contribution in [0.5, 0.6) is 0 Å². The Morgan fingerprint density at radius 2 is 2.06 bits per heavy atom. The van der Waals surface area contributed by atoms with Crippen molar-refractivity contribution in [3.63, 3.8) is 0 Å². The van der Waals surface area contributed by atoms with Crippen LogP contribution in [0.2, 0.25) is 10.0 Å². The lowest BCUT2D eigenvalue weighted by Crippen LogP contribution is -2.11. The highest BCUT2D eigenvalue weighted by Gasteiger charge is 2.10. The van der Waals surface area contributed by atoms with Crippen molar-refractivity contribution in [2.24, 2.45) is 0 Å². The summed E-state index contributed by atoms with van der Waals surface area (Å²) in [5.74, 6) is -0.649. The van der Waals surface area contributed by atoms with Crippen LogP contribution in [0.25, 0.3) is 11.3 Å². The molecule has 0 fully saturated rings. The quantitative estimate of drug-likeness (QED) is 0.855. The number of nitrogens with zero attached hydrogens (tertiary/aromatic N) is 1. The molecule has 0 radical (unpaired) electrons. The normalized spacial score (nSPS) is 10.4. The predicted molar refractivity (Wildman–Crippen MR) is 60.3 cm³/mol. The maximum absolute atomic E-state index is 13.4. The number of nitrogens with one attached hydrogen (secondary N) is 1. The van der Waals surface area contributed by atoms with Crippen LogP contribution in [-0.2, 0) is 0 Å². The fourth-order valence-corrected chi connectivity index (χ4v) is 1.77. The van der Waals surface area contributed by atoms with Gasteiger partial charge in [-0.2, -0.15) is 4.98 Å². The minimum absolute atomic E-state index is 0.00154. The van der Waals surface area contributed by atoms with Crippen LogP contribution in [0.4, 0.5) is 4.39 Å². The fraction of sp³-hybridized carbons (Fsp3) is 0. The number of rotatable bonds is 1. The Morgan fingerprint density at radius 3 is 2.75 bits per heavy atom. The lowest BCUT2D eigenvalue weighted by atomic mass is 10.1. The second kappa shape index (κ2) is 4.23. The molecule has 0 aliphatic rings. The first-order valence-corrected chi connectivity index (χ1v) is 5.04. The van der Waals surface area contributed by atoms with Gasteiger partial charge in [-0.25, -0.2) is 9.18 Å². The van der Waals surface area contributed by atoms with Crippen LogP contribution >= 0.6 is 23.2 Å². The number of aromatic nitrogens is 2. The number of halogens is 3. The van der Waals surface area contributed by atoms with Gasteiger partial charge in [0.05, 0.1) is 16.9 Å². The molecule has 16 heavy (non-hydrogen) atoms. The van der Waals surface area contributed by atoms with E-state index in [2.05, 4.69) is 9.97 Å². The Bertz CT molecular complexity index is 598. The molecule has 6 heteroatoms. The predicted octanol–water partition coefficient (Wildman–Crippen LogP) is 2.88. The van der Waals surface area contributed by atoms with E-state index in [0.717, 1.165) is 6.20 Å². The summed E-state index contributed by atoms with van der Waals surface area (Å²) in [6.07, 6.45) is 0.846. The molecular weight excluding hydrogens is 254 g/mol. The number of hydrogen-bond acceptors (Lipinski definition) is 2. The van der Waals surface area contributed by atoms with Crippen molar-refractivity contribution in [3.8, 4) is 11.3 Å². The molecule has 2 rings (SSSR count). The molecule has 2 aromatic rings. The number of benzene rings is 1. The van der Waals surface area contributed by atoms with E-state index in [9.17, 15) is 9.18 Å². The summed E-state index contributed by atoms with van der Waals surface area (Å²) in [5.41, 5.74) is -0.271. The van der Waals surface area contributed by atoms with E-state index in [1.54, 1.807) is 6.07 Å². The van der Waals surface area contributed by atoms with Crippen molar-refractivity contribution in [2.75, 3.05) is 0 Å². The first-order chi connectivity index (χ1) is 7.58. The van der Waals surface area contributed by atoms with Gasteiger partial charge in [0.2, 0.25) is 0 Å². The smallest absolute Gasteiger partial charge is 0.303 e. The van der Waals surface area contributed by atoms with Gasteiger partial charge in [0, 0.05) is 10.6 Å². The van der Waals surface area contributed by atoms with Crippen LogP contribution in [0.15, 0.2) is 29.2 Å². The third kappa shape index (κ3) is 2.08. The van der Waals surface area contributed by atoms with Crippen LogP contribution in [0, 0.1) is 5.82 Å². The van der Waals surface area contributed by atoms with Crippen LogP contribution < -0.4 is 5.69 Å². The van der Waals surface area contributed by atoms with Gasteiger partial charge in [-0.15, -0.1) is 0 Å². The fourth-order valence-electron chi connectivity index (χ4n) is 1.27. The highest BCUT2D eigenvalue weighted by Crippen LogP contribution is 2.29. The van der Waals surface area contributed by atoms with Crippen molar-refractivity contribution in [1.82, 2.24) is 9.97 Å². The lowest BCUT2D eigenvalue weighted by molar-refractivity contribution is 0.615. The van der Waals surface area contributed by atoms with Gasteiger partial charge in [0.25, 0.3) is 0 Å². The summed E-state index contributed by atoms with van der Waals surface area (Å²) >= 11 is 11.6. The Morgan fingerprint density at radius 1 is 1.31 bits per heavy atom. The Hall–Kier alpha value is -1.39. The average Bonchev–Trinajstić information content (AvgIpc) is 2.22. The van der Waals surface area contributed by atoms with Gasteiger partial charge in [0.1, 0.15) is 0 Å². The highest BCUT2D eigenvalue weighted by molar-refractivity contribution is 6.36. The molecule has 0 amide bonds. The van der Waals surface area contributed by atoms with Crippen molar-refractivity contribution < 1.29 is 4.39 Å². The molecule has 0 spiro atoms. The van der Waals surface area contributed by atoms with E-state index in [4.69, 9.17) is 23.2 Å². The molecule has 1 aromatic heterocycles. The van der Waals surface area contributed by atoms with E-state index in [-0.39, 0.29) is 10.7 Å². The molecule has 0 saturated heterocycles. The van der Waals surface area contributed by atoms with Crippen LogP contribution in [0.3, 0.4) is 0 Å². The SMILES string of the molecule is O=c1ncc(F)c(-c2ccc(Cl)cc2Cl)[nH]1. The molecule has 1 N–H and O–H groups in total. The van der Waals surface area contributed by atoms with E-state index >= 15 is 0 Å². The zero-order valence-electron chi connectivity index (χ0n) is 7.80. The van der Waals surface area contributed by atoms with E-state index in [1.807, 2.05) is 0 Å². The lowest BCUT2D eigenvalue weighted by Gasteiger charge is -2.05. The minimum Gasteiger partial charge on any atom is -0.303 e. The molecule has 0 bridgehead atoms. The van der Waals surface area contributed by atoms with Crippen molar-refractivity contribution in [3.05, 3.63) is 50.7 Å². The third-order valence-electron chi connectivity index (χ3n) is 1.97. The first kappa shape index (κ1) is 11.1. The largest absolute Gasteiger partial charge is 0.345 e. The summed E-state index contributed by atoms with van der Waals surface area (Å²) in [6.45, 7) is 0. The molecule has 0 aliphatic heterocycles. The molecular formula is C10H5Cl2FN2O. The Labute approximate surface area is 99.9 Å². The molecule has 0 unspecified atom stereocenters. The molecule has 1 aromatic carbocycles. The molecule has 0 saturated carbocycles. The summed E-state index contributed by atoms with van der Waals surface area (Å²) < 4.78 is 13.4. The molecule has 0 aliphatic carbocycles. The zero-order chi connectivity index (χ0) is 11.7. The number of hydrogen-bond donors (Lipinski definition) is 1. The van der Waals surface area contributed by atoms with Crippen molar-refractivity contribution >= 4 is 23.2 Å². The summed E-state index contributed by atoms with van der Waals surface area (Å²) in [6, 6.07) is 4.55. The summed E-state index contributed by atoms with van der Waals surface area (Å²) in [4.78, 5) is 16.5. The average molecular weight is 259 g/mol. The number of H-pyrrole nitrogens is 1. The van der Waals surface area contributed by atoms with E-state index < -0.39 is 11.5 Å². The molecule has 0 atom stereocenters. The van der Waals surface area contributed by atoms with Gasteiger partial charge in [-0.3, -0.25) is 0 Å². The topological polar surface area (TPSA) is 45.8 Å². The van der Waals surface area contributed by atoms with E-state index in [1.165, 1.54) is 12.1 Å². The minimum atomic E-state index is -0.649. The summed E-state index contributed by atoms with van der Waals surface area (Å²) in [7, 11) is 0. The number of aromatic amines is 1. The van der Waals surface area contributed by atoms with Gasteiger partial charge < -0.3 is 4.98 Å². The second-order valence-corrected chi connectivity index (χ2v) is 3.88. The van der Waals surface area contributed by atoms with Crippen LogP contribution in [-0.4, -0.2) is 9.97 Å². The van der Waals surface area contributed by atoms with Crippen LogP contribution in [0.1, 0.15) is 0 Å².